The summed E-state index contributed by atoms with van der Waals surface area (Å²) in [5, 5.41) is 6.94. The topological polar surface area (TPSA) is 89.7 Å². The van der Waals surface area contributed by atoms with E-state index < -0.39 is 0 Å². The van der Waals surface area contributed by atoms with E-state index in [2.05, 4.69) is 31.4 Å². The fourth-order valence-electron chi connectivity index (χ4n) is 2.90. The maximum absolute atomic E-state index is 12.4. The van der Waals surface area contributed by atoms with Crippen LogP contribution < -0.4 is 14.8 Å². The molecule has 0 bridgehead atoms. The molecule has 0 aliphatic heterocycles. The highest BCUT2D eigenvalue weighted by atomic mass is 79.9. The summed E-state index contributed by atoms with van der Waals surface area (Å²) in [7, 11) is 4.96. The molecular weight excluding hydrogens is 452 g/mol. The van der Waals surface area contributed by atoms with Gasteiger partial charge in [0, 0.05) is 15.7 Å². The summed E-state index contributed by atoms with van der Waals surface area (Å²) < 4.78 is 16.9. The molecule has 1 aromatic heterocycles. The molecule has 0 aliphatic rings. The van der Waals surface area contributed by atoms with Crippen LogP contribution in [-0.2, 0) is 11.3 Å². The number of rotatable bonds is 8. The Labute approximate surface area is 183 Å². The van der Waals surface area contributed by atoms with Crippen LogP contribution in [0.15, 0.2) is 45.4 Å². The average molecular weight is 475 g/mol. The molecule has 158 valence electrons. The van der Waals surface area contributed by atoms with E-state index in [-0.39, 0.29) is 12.5 Å². The van der Waals surface area contributed by atoms with E-state index in [1.807, 2.05) is 38.2 Å². The zero-order valence-corrected chi connectivity index (χ0v) is 18.8. The number of ether oxygens (including phenoxy) is 2. The van der Waals surface area contributed by atoms with E-state index in [9.17, 15) is 4.79 Å². The Hall–Kier alpha value is -2.91. The number of carbonyl (C=O) groups is 1. The van der Waals surface area contributed by atoms with Crippen molar-refractivity contribution in [3.63, 3.8) is 0 Å². The third-order valence-electron chi connectivity index (χ3n) is 4.39. The van der Waals surface area contributed by atoms with Crippen molar-refractivity contribution in [2.24, 2.45) is 0 Å². The Kier molecular flexibility index (Phi) is 7.07. The number of aryl methyl sites for hydroxylation is 1. The third-order valence-corrected chi connectivity index (χ3v) is 4.88. The zero-order valence-electron chi connectivity index (χ0n) is 17.2. The van der Waals surface area contributed by atoms with Crippen molar-refractivity contribution in [3.05, 3.63) is 52.3 Å². The second kappa shape index (κ2) is 9.73. The average Bonchev–Trinajstić information content (AvgIpc) is 3.17. The molecule has 0 radical (unpaired) electrons. The van der Waals surface area contributed by atoms with Crippen LogP contribution >= 0.6 is 15.9 Å². The lowest BCUT2D eigenvalue weighted by Crippen LogP contribution is -2.30. The number of likely N-dealkylation sites (N-methyl/N-ethyl adjacent to an activating group) is 1. The third kappa shape index (κ3) is 5.37. The number of anilines is 1. The fourth-order valence-corrected chi connectivity index (χ4v) is 3.38. The number of nitrogens with zero attached hydrogens (tertiary/aromatic N) is 3. The fraction of sp³-hybridized carbons (Fsp3) is 0.286. The Morgan fingerprint density at radius 2 is 1.93 bits per heavy atom. The number of halogens is 1. The van der Waals surface area contributed by atoms with Gasteiger partial charge in [-0.15, -0.1) is 0 Å². The minimum atomic E-state index is -0.123. The smallest absolute Gasteiger partial charge is 0.241 e. The Balaban J connectivity index is 1.60. The minimum absolute atomic E-state index is 0.123. The van der Waals surface area contributed by atoms with Gasteiger partial charge in [-0.3, -0.25) is 9.69 Å². The van der Waals surface area contributed by atoms with Gasteiger partial charge in [0.15, 0.2) is 11.5 Å². The highest BCUT2D eigenvalue weighted by Gasteiger charge is 2.15. The number of hydrogen-bond donors (Lipinski definition) is 1. The second-order valence-corrected chi connectivity index (χ2v) is 7.68. The molecule has 2 aromatic carbocycles. The van der Waals surface area contributed by atoms with Crippen LogP contribution in [0, 0.1) is 6.92 Å². The predicted octanol–water partition coefficient (Wildman–Crippen LogP) is 3.90. The number of amides is 1. The van der Waals surface area contributed by atoms with Crippen LogP contribution in [0.3, 0.4) is 0 Å². The summed E-state index contributed by atoms with van der Waals surface area (Å²) in [6.07, 6.45) is 0. The van der Waals surface area contributed by atoms with Gasteiger partial charge in [-0.1, -0.05) is 21.1 Å². The summed E-state index contributed by atoms with van der Waals surface area (Å²) in [6.45, 7) is 2.47. The van der Waals surface area contributed by atoms with Crippen LogP contribution in [0.4, 0.5) is 5.69 Å². The maximum atomic E-state index is 12.4. The molecule has 0 saturated carbocycles. The molecule has 3 rings (SSSR count). The van der Waals surface area contributed by atoms with E-state index in [0.717, 1.165) is 21.3 Å². The molecule has 0 saturated heterocycles. The summed E-state index contributed by atoms with van der Waals surface area (Å²) in [5.74, 6) is 1.93. The van der Waals surface area contributed by atoms with Gasteiger partial charge >= 0.3 is 0 Å². The molecule has 0 aliphatic carbocycles. The monoisotopic (exact) mass is 474 g/mol. The van der Waals surface area contributed by atoms with Gasteiger partial charge in [0.05, 0.1) is 27.3 Å². The number of carbonyl (C=O) groups excluding carboxylic acids is 1. The van der Waals surface area contributed by atoms with Gasteiger partial charge in [-0.05, 0) is 55.9 Å². The number of nitrogens with one attached hydrogen (secondary N) is 1. The summed E-state index contributed by atoms with van der Waals surface area (Å²) in [5.41, 5.74) is 2.51. The number of hydrogen-bond acceptors (Lipinski definition) is 7. The predicted molar refractivity (Wildman–Crippen MR) is 117 cm³/mol. The highest BCUT2D eigenvalue weighted by molar-refractivity contribution is 9.10. The van der Waals surface area contributed by atoms with Crippen molar-refractivity contribution in [1.29, 1.82) is 0 Å². The Bertz CT molecular complexity index is 1040. The van der Waals surface area contributed by atoms with Crippen LogP contribution in [0.25, 0.3) is 11.4 Å². The van der Waals surface area contributed by atoms with Gasteiger partial charge in [0.25, 0.3) is 0 Å². The molecule has 1 amide bonds. The van der Waals surface area contributed by atoms with E-state index >= 15 is 0 Å². The molecule has 0 atom stereocenters. The van der Waals surface area contributed by atoms with Crippen molar-refractivity contribution in [2.45, 2.75) is 13.5 Å². The van der Waals surface area contributed by atoms with Crippen molar-refractivity contribution in [1.82, 2.24) is 15.0 Å². The first-order valence-corrected chi connectivity index (χ1v) is 9.98. The first kappa shape index (κ1) is 21.8. The van der Waals surface area contributed by atoms with Gasteiger partial charge in [-0.2, -0.15) is 4.98 Å². The molecule has 0 fully saturated rings. The van der Waals surface area contributed by atoms with E-state index in [4.69, 9.17) is 14.0 Å². The normalized spacial score (nSPS) is 10.9. The van der Waals surface area contributed by atoms with Crippen LogP contribution in [0.5, 0.6) is 11.5 Å². The van der Waals surface area contributed by atoms with Gasteiger partial charge in [0.1, 0.15) is 0 Å². The SMILES string of the molecule is COc1ccc(-c2noc(CN(C)CC(=O)Nc3ccc(Br)cc3C)n2)cc1OC. The first-order chi connectivity index (χ1) is 14.4. The zero-order chi connectivity index (χ0) is 21.7. The van der Waals surface area contributed by atoms with Crippen molar-refractivity contribution in [3.8, 4) is 22.9 Å². The molecule has 0 unspecified atom stereocenters. The molecule has 3 aromatic rings. The maximum Gasteiger partial charge on any atom is 0.241 e. The van der Waals surface area contributed by atoms with Gasteiger partial charge in [-0.25, -0.2) is 0 Å². The molecule has 8 nitrogen and oxygen atoms in total. The second-order valence-electron chi connectivity index (χ2n) is 6.76. The first-order valence-electron chi connectivity index (χ1n) is 9.19. The number of benzene rings is 2. The minimum Gasteiger partial charge on any atom is -0.493 e. The molecule has 30 heavy (non-hydrogen) atoms. The number of methoxy groups -OCH3 is 2. The van der Waals surface area contributed by atoms with Crippen molar-refractivity contribution < 1.29 is 18.8 Å². The highest BCUT2D eigenvalue weighted by Crippen LogP contribution is 2.31. The Morgan fingerprint density at radius 3 is 2.63 bits per heavy atom. The largest absolute Gasteiger partial charge is 0.493 e. The molecule has 1 heterocycles. The van der Waals surface area contributed by atoms with Gasteiger partial charge in [0.2, 0.25) is 17.6 Å². The van der Waals surface area contributed by atoms with E-state index in [0.29, 0.717) is 29.8 Å². The lowest BCUT2D eigenvalue weighted by atomic mass is 10.2. The van der Waals surface area contributed by atoms with Crippen molar-refractivity contribution in [2.75, 3.05) is 33.1 Å². The van der Waals surface area contributed by atoms with E-state index in [1.165, 1.54) is 0 Å². The molecule has 1 N–H and O–H groups in total. The summed E-state index contributed by atoms with van der Waals surface area (Å²) >= 11 is 3.42. The lowest BCUT2D eigenvalue weighted by Gasteiger charge is -2.15. The van der Waals surface area contributed by atoms with Gasteiger partial charge < -0.3 is 19.3 Å². The molecule has 9 heteroatoms. The molecular formula is C21H23BrN4O4. The van der Waals surface area contributed by atoms with Crippen LogP contribution in [-0.4, -0.2) is 48.8 Å². The number of aromatic nitrogens is 2. The van der Waals surface area contributed by atoms with E-state index in [1.54, 1.807) is 31.3 Å². The Morgan fingerprint density at radius 1 is 1.17 bits per heavy atom. The molecule has 0 spiro atoms. The van der Waals surface area contributed by atoms with Crippen molar-refractivity contribution >= 4 is 27.5 Å². The van der Waals surface area contributed by atoms with Crippen LogP contribution in [0.2, 0.25) is 0 Å². The summed E-state index contributed by atoms with van der Waals surface area (Å²) in [4.78, 5) is 18.6. The van der Waals surface area contributed by atoms with Crippen LogP contribution in [0.1, 0.15) is 11.5 Å². The standard InChI is InChI=1S/C21H23BrN4O4/c1-13-9-15(22)6-7-16(13)23-19(27)11-26(2)12-20-24-21(25-30-20)14-5-8-17(28-3)18(10-14)29-4/h5-10H,11-12H2,1-4H3,(H,23,27). The quantitative estimate of drug-likeness (QED) is 0.529. The lowest BCUT2D eigenvalue weighted by molar-refractivity contribution is -0.117. The summed E-state index contributed by atoms with van der Waals surface area (Å²) in [6, 6.07) is 11.1.